The Morgan fingerprint density at radius 1 is 0.522 bits per heavy atom. The molecule has 116 valence electrons. The molecule has 0 saturated heterocycles. The predicted molar refractivity (Wildman–Crippen MR) is 105 cm³/mol. The third-order valence-corrected chi connectivity index (χ3v) is 18.2. The summed E-state index contributed by atoms with van der Waals surface area (Å²) in [5.74, 6) is 0. The number of hydrogen-bond donors (Lipinski definition) is 0. The van der Waals surface area contributed by atoms with E-state index in [0.29, 0.717) is 15.1 Å². The molecule has 0 radical (unpaired) electrons. The molecule has 0 aromatic heterocycles. The van der Waals surface area contributed by atoms with E-state index in [-0.39, 0.29) is 0 Å². The van der Waals surface area contributed by atoms with E-state index in [4.69, 9.17) is 43.7 Å². The van der Waals surface area contributed by atoms with Crippen molar-refractivity contribution in [1.29, 1.82) is 0 Å². The Bertz CT molecular complexity index is 737. The summed E-state index contributed by atoms with van der Waals surface area (Å²) in [4.78, 5) is 0. The SMILES string of the molecule is Clc1ccc[c]([Sn]([Cl])([c]2cccc(Cl)c2)[c]2cccc(Cl)c2)c1. The first kappa shape index (κ1) is 17.4. The van der Waals surface area contributed by atoms with Crippen molar-refractivity contribution in [3.05, 3.63) is 87.9 Å². The van der Waals surface area contributed by atoms with Gasteiger partial charge in [0.15, 0.2) is 0 Å². The van der Waals surface area contributed by atoms with Crippen LogP contribution in [0.15, 0.2) is 72.8 Å². The van der Waals surface area contributed by atoms with Crippen LogP contribution in [0.1, 0.15) is 0 Å². The average Bonchev–Trinajstić information content (AvgIpc) is 2.54. The monoisotopic (exact) mass is 488 g/mol. The van der Waals surface area contributed by atoms with Crippen molar-refractivity contribution < 1.29 is 0 Å². The van der Waals surface area contributed by atoms with Crippen LogP contribution in [0, 0.1) is 0 Å². The summed E-state index contributed by atoms with van der Waals surface area (Å²) in [7, 11) is 7.37. The molecule has 0 aliphatic heterocycles. The molecule has 0 N–H and O–H groups in total. The Hall–Kier alpha value is -0.381. The van der Waals surface area contributed by atoms with Crippen molar-refractivity contribution in [2.45, 2.75) is 0 Å². The van der Waals surface area contributed by atoms with Gasteiger partial charge in [0, 0.05) is 0 Å². The van der Waals surface area contributed by atoms with Gasteiger partial charge in [-0.15, -0.1) is 0 Å². The van der Waals surface area contributed by atoms with Crippen LogP contribution in [0.5, 0.6) is 0 Å². The first-order chi connectivity index (χ1) is 11.0. The first-order valence-electron chi connectivity index (χ1n) is 6.97. The minimum atomic E-state index is -3.69. The van der Waals surface area contributed by atoms with Gasteiger partial charge in [-0.2, -0.15) is 0 Å². The van der Waals surface area contributed by atoms with E-state index in [9.17, 15) is 0 Å². The quantitative estimate of drug-likeness (QED) is 0.462. The van der Waals surface area contributed by atoms with E-state index in [1.165, 1.54) is 0 Å². The van der Waals surface area contributed by atoms with Gasteiger partial charge < -0.3 is 0 Å². The number of benzene rings is 3. The van der Waals surface area contributed by atoms with Gasteiger partial charge in [-0.1, -0.05) is 0 Å². The van der Waals surface area contributed by atoms with Crippen molar-refractivity contribution >= 4 is 71.7 Å². The second-order valence-electron chi connectivity index (χ2n) is 5.19. The zero-order chi connectivity index (χ0) is 16.4. The Balaban J connectivity index is 2.29. The van der Waals surface area contributed by atoms with Gasteiger partial charge in [0.1, 0.15) is 0 Å². The van der Waals surface area contributed by atoms with Gasteiger partial charge in [0.05, 0.1) is 0 Å². The molecule has 23 heavy (non-hydrogen) atoms. The molecule has 5 heteroatoms. The van der Waals surface area contributed by atoms with Crippen LogP contribution >= 0.6 is 43.7 Å². The molecule has 3 aromatic rings. The molecule has 0 atom stereocenters. The summed E-state index contributed by atoms with van der Waals surface area (Å²) in [5.41, 5.74) is 0. The zero-order valence-corrected chi connectivity index (χ0v) is 17.8. The molecular formula is C18H12Cl4Sn. The molecule has 0 amide bonds. The van der Waals surface area contributed by atoms with E-state index in [1.54, 1.807) is 0 Å². The number of rotatable bonds is 3. The molecule has 0 unspecified atom stereocenters. The standard InChI is InChI=1S/3C6H4Cl.ClH.Sn/c3*7-6-4-2-1-3-5-6;;/h3*1-2,4-5H;1H;/q;;;;+1/p-1. The molecule has 3 rings (SSSR count). The van der Waals surface area contributed by atoms with Gasteiger partial charge in [-0.05, 0) is 0 Å². The van der Waals surface area contributed by atoms with Crippen LogP contribution in [0.2, 0.25) is 15.1 Å². The average molecular weight is 489 g/mol. The fourth-order valence-electron chi connectivity index (χ4n) is 2.61. The van der Waals surface area contributed by atoms with Crippen molar-refractivity contribution in [3.63, 3.8) is 0 Å². The minimum absolute atomic E-state index is 0.674. The van der Waals surface area contributed by atoms with Crippen molar-refractivity contribution in [3.8, 4) is 0 Å². The Morgan fingerprint density at radius 2 is 0.826 bits per heavy atom. The summed E-state index contributed by atoms with van der Waals surface area (Å²) in [6.45, 7) is 0. The molecule has 0 spiro atoms. The van der Waals surface area contributed by atoms with Crippen LogP contribution in [0.25, 0.3) is 0 Å². The molecule has 0 fully saturated rings. The maximum atomic E-state index is 7.37. The Morgan fingerprint density at radius 3 is 1.09 bits per heavy atom. The van der Waals surface area contributed by atoms with Gasteiger partial charge in [0.25, 0.3) is 0 Å². The fraction of sp³-hybridized carbons (Fsp3) is 0. The van der Waals surface area contributed by atoms with Gasteiger partial charge >= 0.3 is 160 Å². The Kier molecular flexibility index (Phi) is 5.49. The summed E-state index contributed by atoms with van der Waals surface area (Å²) < 4.78 is 3.20. The van der Waals surface area contributed by atoms with E-state index in [2.05, 4.69) is 0 Å². The molecule has 0 saturated carbocycles. The van der Waals surface area contributed by atoms with Crippen LogP contribution in [0.4, 0.5) is 0 Å². The molecule has 0 heterocycles. The Labute approximate surface area is 158 Å². The van der Waals surface area contributed by atoms with Gasteiger partial charge in [0.2, 0.25) is 0 Å². The van der Waals surface area contributed by atoms with Crippen LogP contribution in [-0.2, 0) is 0 Å². The van der Waals surface area contributed by atoms with E-state index in [1.807, 2.05) is 72.8 Å². The van der Waals surface area contributed by atoms with Crippen molar-refractivity contribution in [1.82, 2.24) is 0 Å². The summed E-state index contributed by atoms with van der Waals surface area (Å²) in [6.07, 6.45) is 0. The van der Waals surface area contributed by atoms with E-state index >= 15 is 0 Å². The van der Waals surface area contributed by atoms with E-state index in [0.717, 1.165) is 10.7 Å². The topological polar surface area (TPSA) is 0 Å². The van der Waals surface area contributed by atoms with Gasteiger partial charge in [-0.3, -0.25) is 0 Å². The molecule has 0 nitrogen and oxygen atoms in total. The van der Waals surface area contributed by atoms with Crippen LogP contribution in [0.3, 0.4) is 0 Å². The number of halogens is 4. The molecule has 0 aliphatic rings. The van der Waals surface area contributed by atoms with E-state index < -0.39 is 17.3 Å². The number of hydrogen-bond acceptors (Lipinski definition) is 0. The predicted octanol–water partition coefficient (Wildman–Crippen LogP) is 4.85. The van der Waals surface area contributed by atoms with Crippen molar-refractivity contribution in [2.75, 3.05) is 0 Å². The zero-order valence-electron chi connectivity index (χ0n) is 11.9. The molecule has 0 aliphatic carbocycles. The summed E-state index contributed by atoms with van der Waals surface area (Å²) in [6, 6.07) is 23.3. The maximum absolute atomic E-state index is 7.37. The molecule has 3 aromatic carbocycles. The normalized spacial score (nSPS) is 11.5. The van der Waals surface area contributed by atoms with Crippen LogP contribution in [-0.4, -0.2) is 17.3 Å². The third kappa shape index (κ3) is 3.67. The van der Waals surface area contributed by atoms with Gasteiger partial charge in [-0.25, -0.2) is 0 Å². The van der Waals surface area contributed by atoms with Crippen molar-refractivity contribution in [2.24, 2.45) is 0 Å². The second-order valence-corrected chi connectivity index (χ2v) is 19.0. The summed E-state index contributed by atoms with van der Waals surface area (Å²) >= 11 is 14.9. The summed E-state index contributed by atoms with van der Waals surface area (Å²) in [5, 5.41) is 2.02. The van der Waals surface area contributed by atoms with Crippen LogP contribution < -0.4 is 10.7 Å². The fourth-order valence-corrected chi connectivity index (χ4v) is 15.0. The first-order valence-corrected chi connectivity index (χ1v) is 16.0. The molecular weight excluding hydrogens is 477 g/mol. The molecule has 0 bridgehead atoms. The third-order valence-electron chi connectivity index (χ3n) is 3.67. The second kappa shape index (κ2) is 7.24.